The number of amides is 1. The first-order chi connectivity index (χ1) is 16.2. The van der Waals surface area contributed by atoms with Crippen molar-refractivity contribution in [3.05, 3.63) is 42.9 Å². The molecule has 1 saturated heterocycles. The van der Waals surface area contributed by atoms with E-state index >= 15 is 0 Å². The van der Waals surface area contributed by atoms with Crippen LogP contribution in [0.2, 0.25) is 0 Å². The first-order valence-corrected chi connectivity index (χ1v) is 9.63. The maximum Gasteiger partial charge on any atom is 0.244 e. The van der Waals surface area contributed by atoms with Crippen LogP contribution in [0.15, 0.2) is 42.9 Å². The third kappa shape index (κ3) is 3.39. The number of aromatic nitrogens is 5. The molecule has 0 aliphatic carbocycles. The number of fused-ring (bicyclic) bond motifs is 2. The summed E-state index contributed by atoms with van der Waals surface area (Å²) in [5.74, 6) is -0.435. The zero-order chi connectivity index (χ0) is 24.0. The summed E-state index contributed by atoms with van der Waals surface area (Å²) in [6.45, 7) is 1.48. The van der Waals surface area contributed by atoms with Gasteiger partial charge in [0.15, 0.2) is 0 Å². The SMILES string of the molecule is [2H]C([2H])([2H])Oc1nc(N[C@@H]2CN(C(C)=O)C[C@@H]2F)nn2ccc(-c3ccc4nccnc4c3)c12. The van der Waals surface area contributed by atoms with Crippen LogP contribution in [-0.4, -0.2) is 67.7 Å². The molecule has 0 spiro atoms. The van der Waals surface area contributed by atoms with Crippen LogP contribution >= 0.6 is 0 Å². The van der Waals surface area contributed by atoms with E-state index in [4.69, 9.17) is 8.85 Å². The topological polar surface area (TPSA) is 97.5 Å². The van der Waals surface area contributed by atoms with Crippen molar-refractivity contribution < 1.29 is 18.0 Å². The highest BCUT2D eigenvalue weighted by Crippen LogP contribution is 2.32. The number of ether oxygens (including phenoxy) is 1. The molecular weight excluding hydrogens is 401 g/mol. The van der Waals surface area contributed by atoms with Gasteiger partial charge in [0, 0.05) is 37.6 Å². The van der Waals surface area contributed by atoms with Gasteiger partial charge in [-0.05, 0) is 23.8 Å². The molecule has 1 aliphatic heterocycles. The number of hydrogen-bond acceptors (Lipinski definition) is 7. The van der Waals surface area contributed by atoms with E-state index in [9.17, 15) is 9.18 Å². The van der Waals surface area contributed by atoms with Gasteiger partial charge < -0.3 is 15.0 Å². The molecule has 1 fully saturated rings. The Morgan fingerprint density at radius 3 is 2.87 bits per heavy atom. The van der Waals surface area contributed by atoms with Crippen LogP contribution in [0.25, 0.3) is 27.7 Å². The Hall–Kier alpha value is -3.82. The van der Waals surface area contributed by atoms with E-state index in [0.29, 0.717) is 22.1 Å². The number of alkyl halides is 1. The lowest BCUT2D eigenvalue weighted by atomic mass is 10.1. The Bertz CT molecular complexity index is 1390. The number of rotatable bonds is 4. The summed E-state index contributed by atoms with van der Waals surface area (Å²) in [6.07, 6.45) is 3.49. The molecule has 1 N–H and O–H groups in total. The van der Waals surface area contributed by atoms with Crippen LogP contribution in [0.5, 0.6) is 5.88 Å². The van der Waals surface area contributed by atoms with Crippen LogP contribution < -0.4 is 10.1 Å². The molecule has 2 atom stereocenters. The molecule has 4 heterocycles. The second kappa shape index (κ2) is 7.46. The minimum absolute atomic E-state index is 0.0173. The summed E-state index contributed by atoms with van der Waals surface area (Å²) < 4.78 is 43.9. The van der Waals surface area contributed by atoms with Gasteiger partial charge in [-0.25, -0.2) is 8.91 Å². The van der Waals surface area contributed by atoms with Gasteiger partial charge in [-0.1, -0.05) is 6.07 Å². The molecule has 1 aliphatic rings. The summed E-state index contributed by atoms with van der Waals surface area (Å²) in [6, 6.07) is 6.48. The fourth-order valence-corrected chi connectivity index (χ4v) is 3.81. The first-order valence-electron chi connectivity index (χ1n) is 11.1. The van der Waals surface area contributed by atoms with Gasteiger partial charge in [-0.15, -0.1) is 5.10 Å². The van der Waals surface area contributed by atoms with E-state index in [-0.39, 0.29) is 30.8 Å². The molecule has 0 saturated carbocycles. The van der Waals surface area contributed by atoms with Crippen LogP contribution in [0.4, 0.5) is 10.3 Å². The number of nitrogens with one attached hydrogen (secondary N) is 1. The van der Waals surface area contributed by atoms with Crippen molar-refractivity contribution in [2.24, 2.45) is 0 Å². The predicted molar refractivity (Wildman–Crippen MR) is 113 cm³/mol. The highest BCUT2D eigenvalue weighted by Gasteiger charge is 2.34. The van der Waals surface area contributed by atoms with Crippen molar-refractivity contribution in [2.75, 3.05) is 25.4 Å². The summed E-state index contributed by atoms with van der Waals surface area (Å²) in [5.41, 5.74) is 3.09. The van der Waals surface area contributed by atoms with Gasteiger partial charge in [-0.2, -0.15) is 4.98 Å². The summed E-state index contributed by atoms with van der Waals surface area (Å²) in [7, 11) is -2.77. The quantitative estimate of drug-likeness (QED) is 0.537. The molecule has 1 amide bonds. The van der Waals surface area contributed by atoms with Crippen LogP contribution in [0.1, 0.15) is 11.0 Å². The Labute approximate surface area is 181 Å². The highest BCUT2D eigenvalue weighted by atomic mass is 19.1. The van der Waals surface area contributed by atoms with E-state index < -0.39 is 19.3 Å². The predicted octanol–water partition coefficient (Wildman–Crippen LogP) is 2.33. The van der Waals surface area contributed by atoms with E-state index in [1.165, 1.54) is 16.3 Å². The minimum atomic E-state index is -2.77. The fraction of sp³-hybridized carbons (Fsp3) is 0.286. The zero-order valence-corrected chi connectivity index (χ0v) is 16.5. The average molecular weight is 424 g/mol. The van der Waals surface area contributed by atoms with Crippen LogP contribution in [0, 0.1) is 0 Å². The van der Waals surface area contributed by atoms with Gasteiger partial charge >= 0.3 is 0 Å². The summed E-state index contributed by atoms with van der Waals surface area (Å²) in [5, 5.41) is 7.25. The first kappa shape index (κ1) is 15.9. The maximum absolute atomic E-state index is 14.5. The standard InChI is InChI=1S/C21H20FN7O2/c1-12(30)28-10-15(22)18(11-28)25-21-26-20(31-2)19-14(5-8-29(19)27-21)13-3-4-16-17(9-13)24-7-6-23-16/h3-9,15,18H,10-11H2,1-2H3,(H,25,27)/t15-,18+/m0/s1/i2D3. The molecule has 4 aromatic rings. The number of nitrogens with zero attached hydrogens (tertiary/aromatic N) is 6. The van der Waals surface area contributed by atoms with Gasteiger partial charge in [0.2, 0.25) is 17.7 Å². The lowest BCUT2D eigenvalue weighted by Gasteiger charge is -2.16. The Morgan fingerprint density at radius 2 is 2.10 bits per heavy atom. The summed E-state index contributed by atoms with van der Waals surface area (Å²) >= 11 is 0. The molecule has 10 heteroatoms. The maximum atomic E-state index is 14.5. The van der Waals surface area contributed by atoms with E-state index in [1.807, 2.05) is 18.2 Å². The molecule has 158 valence electrons. The van der Waals surface area contributed by atoms with Gasteiger partial charge in [0.25, 0.3) is 0 Å². The van der Waals surface area contributed by atoms with Crippen molar-refractivity contribution in [3.8, 4) is 17.0 Å². The third-order valence-corrected chi connectivity index (χ3v) is 5.36. The number of halogens is 1. The van der Waals surface area contributed by atoms with E-state index in [2.05, 4.69) is 25.4 Å². The minimum Gasteiger partial charge on any atom is -0.479 e. The lowest BCUT2D eigenvalue weighted by Crippen LogP contribution is -2.32. The van der Waals surface area contributed by atoms with Crippen LogP contribution in [0.3, 0.4) is 0 Å². The number of likely N-dealkylation sites (tertiary alicyclic amines) is 1. The van der Waals surface area contributed by atoms with E-state index in [0.717, 1.165) is 5.56 Å². The molecule has 1 aromatic carbocycles. The second-order valence-corrected chi connectivity index (χ2v) is 7.32. The Morgan fingerprint density at radius 1 is 1.26 bits per heavy atom. The highest BCUT2D eigenvalue weighted by molar-refractivity contribution is 5.89. The third-order valence-electron chi connectivity index (χ3n) is 5.36. The van der Waals surface area contributed by atoms with Crippen LogP contribution in [-0.2, 0) is 4.79 Å². The number of methoxy groups -OCH3 is 1. The van der Waals surface area contributed by atoms with Crippen molar-refractivity contribution in [3.63, 3.8) is 0 Å². The van der Waals surface area contributed by atoms with Crippen molar-refractivity contribution in [2.45, 2.75) is 19.1 Å². The second-order valence-electron chi connectivity index (χ2n) is 7.32. The normalized spacial score (nSPS) is 20.5. The Kier molecular flexibility index (Phi) is 3.84. The molecule has 9 nitrogen and oxygen atoms in total. The van der Waals surface area contributed by atoms with Gasteiger partial charge in [-0.3, -0.25) is 14.8 Å². The van der Waals surface area contributed by atoms with Crippen molar-refractivity contribution in [1.29, 1.82) is 0 Å². The Balaban J connectivity index is 1.56. The van der Waals surface area contributed by atoms with Gasteiger partial charge in [0.1, 0.15) is 11.7 Å². The number of anilines is 1. The molecule has 0 bridgehead atoms. The molecule has 31 heavy (non-hydrogen) atoms. The number of benzene rings is 1. The van der Waals surface area contributed by atoms with E-state index in [1.54, 1.807) is 24.7 Å². The molecule has 5 rings (SSSR count). The fourth-order valence-electron chi connectivity index (χ4n) is 3.81. The van der Waals surface area contributed by atoms with Crippen molar-refractivity contribution >= 4 is 28.4 Å². The monoisotopic (exact) mass is 424 g/mol. The largest absolute Gasteiger partial charge is 0.479 e. The number of carbonyl (C=O) groups excluding carboxylic acids is 1. The van der Waals surface area contributed by atoms with Gasteiger partial charge in [0.05, 0.1) is 34.8 Å². The number of carbonyl (C=O) groups is 1. The average Bonchev–Trinajstić information content (AvgIpc) is 3.36. The molecule has 3 aromatic heterocycles. The number of hydrogen-bond donors (Lipinski definition) is 1. The zero-order valence-electron chi connectivity index (χ0n) is 19.5. The summed E-state index contributed by atoms with van der Waals surface area (Å²) in [4.78, 5) is 25.8. The molecule has 0 radical (unpaired) electrons. The smallest absolute Gasteiger partial charge is 0.244 e. The lowest BCUT2D eigenvalue weighted by molar-refractivity contribution is -0.128. The molecule has 0 unspecified atom stereocenters. The molecular formula is C21H20FN7O2. The van der Waals surface area contributed by atoms with Crippen molar-refractivity contribution in [1.82, 2.24) is 29.5 Å².